The quantitative estimate of drug-likeness (QED) is 0.490. The molecule has 0 saturated carbocycles. The van der Waals surface area contributed by atoms with Gasteiger partial charge >= 0.3 is 6.01 Å². The Hall–Kier alpha value is -2.75. The first-order valence-electron chi connectivity index (χ1n) is 10.8. The van der Waals surface area contributed by atoms with Gasteiger partial charge in [0.15, 0.2) is 0 Å². The summed E-state index contributed by atoms with van der Waals surface area (Å²) in [4.78, 5) is 11.3. The number of nitrogens with zero attached hydrogens (tertiary/aromatic N) is 4. The Balaban J connectivity index is 1.43. The molecule has 31 heavy (non-hydrogen) atoms. The van der Waals surface area contributed by atoms with Gasteiger partial charge in [0, 0.05) is 31.8 Å². The van der Waals surface area contributed by atoms with Crippen LogP contribution in [-0.4, -0.2) is 68.5 Å². The summed E-state index contributed by atoms with van der Waals surface area (Å²) in [6.45, 7) is 6.94. The van der Waals surface area contributed by atoms with Gasteiger partial charge in [0.05, 0.1) is 44.1 Å². The maximum absolute atomic E-state index is 5.92. The summed E-state index contributed by atoms with van der Waals surface area (Å²) in [5, 5.41) is 7.68. The summed E-state index contributed by atoms with van der Waals surface area (Å²) in [5.41, 5.74) is 5.85. The Morgan fingerprint density at radius 3 is 2.94 bits per heavy atom. The van der Waals surface area contributed by atoms with Crippen molar-refractivity contribution in [3.63, 3.8) is 0 Å². The number of aryl methyl sites for hydroxylation is 1. The Labute approximate surface area is 182 Å². The van der Waals surface area contributed by atoms with E-state index in [4.69, 9.17) is 14.2 Å². The summed E-state index contributed by atoms with van der Waals surface area (Å²) >= 11 is 0. The van der Waals surface area contributed by atoms with Crippen LogP contribution in [0.15, 0.2) is 35.4 Å². The molecule has 2 saturated heterocycles. The fourth-order valence-electron chi connectivity index (χ4n) is 3.52. The number of aromatic nitrogens is 2. The zero-order valence-corrected chi connectivity index (χ0v) is 17.9. The molecular weight excluding hydrogens is 396 g/mol. The normalized spacial score (nSPS) is 19.5. The summed E-state index contributed by atoms with van der Waals surface area (Å²) < 4.78 is 16.7. The zero-order chi connectivity index (χ0) is 21.3. The number of nitrogens with one attached hydrogen (secondary N) is 2. The fourth-order valence-corrected chi connectivity index (χ4v) is 3.52. The molecule has 2 aliphatic rings. The third-order valence-corrected chi connectivity index (χ3v) is 5.24. The molecular formula is C22H30N6O3. The minimum Gasteiger partial charge on any atom is -0.463 e. The predicted molar refractivity (Wildman–Crippen MR) is 120 cm³/mol. The molecule has 1 unspecified atom stereocenters. The highest BCUT2D eigenvalue weighted by molar-refractivity contribution is 5.79. The monoisotopic (exact) mass is 426 g/mol. The molecule has 0 spiro atoms. The number of anilines is 2. The lowest BCUT2D eigenvalue weighted by Gasteiger charge is -2.28. The van der Waals surface area contributed by atoms with Crippen molar-refractivity contribution in [1.82, 2.24) is 15.3 Å². The second-order valence-electron chi connectivity index (χ2n) is 7.65. The van der Waals surface area contributed by atoms with Gasteiger partial charge in [-0.3, -0.25) is 10.7 Å². The van der Waals surface area contributed by atoms with Crippen LogP contribution < -0.4 is 20.4 Å². The minimum absolute atomic E-state index is 0.369. The average molecular weight is 427 g/mol. The third kappa shape index (κ3) is 6.61. The van der Waals surface area contributed by atoms with E-state index < -0.39 is 0 Å². The van der Waals surface area contributed by atoms with Crippen LogP contribution in [-0.2, 0) is 9.47 Å². The Morgan fingerprint density at radius 1 is 1.23 bits per heavy atom. The Morgan fingerprint density at radius 2 is 2.13 bits per heavy atom. The predicted octanol–water partition coefficient (Wildman–Crippen LogP) is 2.17. The molecule has 166 valence electrons. The minimum atomic E-state index is 0.369. The van der Waals surface area contributed by atoms with Crippen molar-refractivity contribution >= 4 is 17.7 Å². The van der Waals surface area contributed by atoms with Crippen molar-refractivity contribution in [2.45, 2.75) is 25.8 Å². The molecule has 0 radical (unpaired) electrons. The molecule has 9 nitrogen and oxygen atoms in total. The van der Waals surface area contributed by atoms with Crippen LogP contribution in [0.4, 0.5) is 11.5 Å². The molecule has 0 amide bonds. The van der Waals surface area contributed by atoms with E-state index in [1.54, 1.807) is 6.21 Å². The highest BCUT2D eigenvalue weighted by Gasteiger charge is 2.16. The number of hydrazone groups is 1. The molecule has 9 heteroatoms. The van der Waals surface area contributed by atoms with Gasteiger partial charge in [-0.15, -0.1) is 0 Å². The first kappa shape index (κ1) is 21.5. The maximum atomic E-state index is 5.92. The molecule has 2 aromatic rings. The lowest BCUT2D eigenvalue weighted by molar-refractivity contribution is 0.0556. The van der Waals surface area contributed by atoms with Gasteiger partial charge in [-0.05, 0) is 37.5 Å². The second kappa shape index (κ2) is 11.0. The molecule has 3 heterocycles. The second-order valence-corrected chi connectivity index (χ2v) is 7.65. The molecule has 4 rings (SSSR count). The molecule has 1 aromatic carbocycles. The van der Waals surface area contributed by atoms with Gasteiger partial charge < -0.3 is 19.1 Å². The number of hydrogen-bond acceptors (Lipinski definition) is 9. The van der Waals surface area contributed by atoms with E-state index in [2.05, 4.69) is 30.7 Å². The smallest absolute Gasteiger partial charge is 0.318 e. The van der Waals surface area contributed by atoms with E-state index in [0.717, 1.165) is 44.0 Å². The van der Waals surface area contributed by atoms with E-state index in [1.165, 1.54) is 5.56 Å². The summed E-state index contributed by atoms with van der Waals surface area (Å²) in [6.07, 6.45) is 3.56. The van der Waals surface area contributed by atoms with E-state index in [1.807, 2.05) is 37.3 Å². The van der Waals surface area contributed by atoms with Gasteiger partial charge in [0.1, 0.15) is 5.82 Å². The fraction of sp³-hybridized carbons (Fsp3) is 0.500. The molecule has 0 bridgehead atoms. The third-order valence-electron chi connectivity index (χ3n) is 5.24. The van der Waals surface area contributed by atoms with E-state index >= 15 is 0 Å². The van der Waals surface area contributed by atoms with Gasteiger partial charge in [0.2, 0.25) is 0 Å². The zero-order valence-electron chi connectivity index (χ0n) is 17.9. The summed E-state index contributed by atoms with van der Waals surface area (Å²) in [7, 11) is 0. The highest BCUT2D eigenvalue weighted by atomic mass is 16.5. The Kier molecular flexibility index (Phi) is 7.65. The summed E-state index contributed by atoms with van der Waals surface area (Å²) in [6, 6.07) is 10.8. The van der Waals surface area contributed by atoms with Crippen LogP contribution in [0.25, 0.3) is 0 Å². The van der Waals surface area contributed by atoms with Crippen molar-refractivity contribution < 1.29 is 14.2 Å². The SMILES string of the molecule is Cc1cccc(N/N=C/c2cc(N3CCOCC3)nc(OCCC3CCOCN3)n2)c1. The number of benzene rings is 1. The summed E-state index contributed by atoms with van der Waals surface area (Å²) in [5.74, 6) is 0.828. The van der Waals surface area contributed by atoms with Crippen LogP contribution in [0, 0.1) is 6.92 Å². The first-order valence-corrected chi connectivity index (χ1v) is 10.8. The molecule has 1 aromatic heterocycles. The van der Waals surface area contributed by atoms with Crippen molar-refractivity contribution in [2.24, 2.45) is 5.10 Å². The lowest BCUT2D eigenvalue weighted by Crippen LogP contribution is -2.38. The van der Waals surface area contributed by atoms with Crippen LogP contribution in [0.3, 0.4) is 0 Å². The number of hydrogen-bond donors (Lipinski definition) is 2. The molecule has 1 atom stereocenters. The number of morpholine rings is 1. The van der Waals surface area contributed by atoms with E-state index in [-0.39, 0.29) is 0 Å². The molecule has 2 fully saturated rings. The Bertz CT molecular complexity index is 866. The van der Waals surface area contributed by atoms with Crippen LogP contribution >= 0.6 is 0 Å². The maximum Gasteiger partial charge on any atom is 0.318 e. The van der Waals surface area contributed by atoms with Crippen molar-refractivity contribution in [3.05, 3.63) is 41.6 Å². The number of rotatable bonds is 8. The topological polar surface area (TPSA) is 93.1 Å². The van der Waals surface area contributed by atoms with Crippen LogP contribution in [0.1, 0.15) is 24.1 Å². The van der Waals surface area contributed by atoms with Gasteiger partial charge in [-0.2, -0.15) is 15.1 Å². The first-order chi connectivity index (χ1) is 15.3. The van der Waals surface area contributed by atoms with Crippen LogP contribution in [0.2, 0.25) is 0 Å². The average Bonchev–Trinajstić information content (AvgIpc) is 2.80. The molecule has 2 aliphatic heterocycles. The van der Waals surface area contributed by atoms with Crippen molar-refractivity contribution in [2.75, 3.05) is 56.6 Å². The van der Waals surface area contributed by atoms with Crippen molar-refractivity contribution in [3.8, 4) is 6.01 Å². The van der Waals surface area contributed by atoms with E-state index in [9.17, 15) is 0 Å². The van der Waals surface area contributed by atoms with Gasteiger partial charge in [-0.1, -0.05) is 12.1 Å². The largest absolute Gasteiger partial charge is 0.463 e. The number of ether oxygens (including phenoxy) is 3. The lowest BCUT2D eigenvalue weighted by atomic mass is 10.1. The highest BCUT2D eigenvalue weighted by Crippen LogP contribution is 2.18. The molecule has 0 aliphatic carbocycles. The van der Waals surface area contributed by atoms with Gasteiger partial charge in [0.25, 0.3) is 0 Å². The van der Waals surface area contributed by atoms with Crippen molar-refractivity contribution in [1.29, 1.82) is 0 Å². The standard InChI is InChI=1S/C22H30N6O3/c1-17-3-2-4-19(13-17)27-24-15-20-14-21(28-7-11-29-12-8-28)26-22(25-20)31-10-6-18-5-9-30-16-23-18/h2-4,13-15,18,23,27H,5-12,16H2,1H3/b24-15+. The van der Waals surface area contributed by atoms with Crippen LogP contribution in [0.5, 0.6) is 6.01 Å². The molecule has 2 N–H and O–H groups in total. The van der Waals surface area contributed by atoms with E-state index in [0.29, 0.717) is 44.3 Å². The van der Waals surface area contributed by atoms with Gasteiger partial charge in [-0.25, -0.2) is 0 Å².